The number of anilines is 6. The molecule has 3 fully saturated rings. The fourth-order valence-electron chi connectivity index (χ4n) is 7.11. The topological polar surface area (TPSA) is 267 Å². The third-order valence-corrected chi connectivity index (χ3v) is 12.5. The molecule has 0 bridgehead atoms. The van der Waals surface area contributed by atoms with E-state index in [2.05, 4.69) is 35.6 Å². The smallest absolute Gasteiger partial charge is 0.411 e. The maximum atomic E-state index is 12.7. The normalized spacial score (nSPS) is 18.2. The van der Waals surface area contributed by atoms with Crippen molar-refractivity contribution in [3.8, 4) is 5.88 Å². The van der Waals surface area contributed by atoms with Crippen LogP contribution in [-0.4, -0.2) is 97.7 Å². The highest BCUT2D eigenvalue weighted by Gasteiger charge is 2.30. The number of aromatic nitrogens is 5. The zero-order valence-corrected chi connectivity index (χ0v) is 37.1. The van der Waals surface area contributed by atoms with Crippen molar-refractivity contribution in [2.75, 3.05) is 70.8 Å². The van der Waals surface area contributed by atoms with Crippen molar-refractivity contribution in [1.82, 2.24) is 25.0 Å². The lowest BCUT2D eigenvalue weighted by Gasteiger charge is -2.25. The van der Waals surface area contributed by atoms with Gasteiger partial charge in [-0.25, -0.2) is 28.1 Å². The average molecular weight is 955 g/mol. The van der Waals surface area contributed by atoms with Crippen molar-refractivity contribution in [2.24, 2.45) is 0 Å². The molecule has 6 heterocycles. The lowest BCUT2D eigenvalue weighted by molar-refractivity contribution is -0.0424. The minimum Gasteiger partial charge on any atom is -0.481 e. The predicted molar refractivity (Wildman–Crippen MR) is 243 cm³/mol. The zero-order valence-electron chi connectivity index (χ0n) is 34.8. The van der Waals surface area contributed by atoms with Gasteiger partial charge in [-0.3, -0.25) is 24.9 Å². The molecule has 3 atom stereocenters. The highest BCUT2D eigenvalue weighted by molar-refractivity contribution is 7.92. The Labute approximate surface area is 382 Å². The molecule has 24 heteroatoms. The van der Waals surface area contributed by atoms with Crippen LogP contribution in [0, 0.1) is 0 Å². The van der Waals surface area contributed by atoms with Crippen molar-refractivity contribution >= 4 is 79.5 Å². The number of aromatic amines is 1. The lowest BCUT2D eigenvalue weighted by Crippen LogP contribution is -2.33. The standard InChI is InChI=1S/C21H21ClN6O6S.C20H24ClN5O4/c1-33-18-7-6-16(10-23-18)35(31,32)27-14-4-2-13(3-5-14)25-21(30)34-15-8-9-28(12-15)17-11-24-26-20(29)19(17)22;21-18-16(11-23-26(19(18)27)17-3-1-2-10-29-17)25-9-8-15(12-25)30-20(28)24-14-6-4-13(22)5-7-14/h2-7,10-11,15,27H,8-9,12H2,1H3,(H,25,30)(H,26,29);4-7,11,15,17H,1-3,8-10,12,22H2,(H,24,28)/t15-;15-,17?/m11/s1. The maximum Gasteiger partial charge on any atom is 0.411 e. The molecule has 8 rings (SSSR count). The highest BCUT2D eigenvalue weighted by Crippen LogP contribution is 2.29. The van der Waals surface area contributed by atoms with Crippen LogP contribution < -0.4 is 46.7 Å². The molecule has 6 N–H and O–H groups in total. The summed E-state index contributed by atoms with van der Waals surface area (Å²) in [6.07, 6.45) is 5.81. The molecule has 5 aromatic rings. The van der Waals surface area contributed by atoms with Gasteiger partial charge in [0.1, 0.15) is 27.1 Å². The molecule has 65 heavy (non-hydrogen) atoms. The van der Waals surface area contributed by atoms with Crippen molar-refractivity contribution in [3.63, 3.8) is 0 Å². The van der Waals surface area contributed by atoms with E-state index in [1.54, 1.807) is 30.5 Å². The Kier molecular flexibility index (Phi) is 14.9. The van der Waals surface area contributed by atoms with Gasteiger partial charge < -0.3 is 34.5 Å². The van der Waals surface area contributed by atoms with E-state index >= 15 is 0 Å². The molecule has 0 saturated carbocycles. The first-order valence-electron chi connectivity index (χ1n) is 20.3. The molecule has 344 valence electrons. The number of hydrogen-bond acceptors (Lipinski definition) is 16. The first-order chi connectivity index (χ1) is 31.3. The summed E-state index contributed by atoms with van der Waals surface area (Å²) in [5.41, 5.74) is 7.73. The number of nitrogen functional groups attached to an aromatic ring is 1. The number of nitrogens with two attached hydrogens (primary N) is 1. The Balaban J connectivity index is 0.000000196. The van der Waals surface area contributed by atoms with Gasteiger partial charge in [-0.15, -0.1) is 0 Å². The largest absolute Gasteiger partial charge is 0.481 e. The molecule has 21 nitrogen and oxygen atoms in total. The van der Waals surface area contributed by atoms with Crippen molar-refractivity contribution in [1.29, 1.82) is 0 Å². The number of methoxy groups -OCH3 is 1. The van der Waals surface area contributed by atoms with Crippen LogP contribution in [0.2, 0.25) is 10.0 Å². The summed E-state index contributed by atoms with van der Waals surface area (Å²) in [6, 6.07) is 15.7. The quantitative estimate of drug-likeness (QED) is 0.103. The number of amides is 2. The minimum absolute atomic E-state index is 0.0214. The van der Waals surface area contributed by atoms with Crippen LogP contribution in [0.5, 0.6) is 5.88 Å². The second kappa shape index (κ2) is 20.9. The van der Waals surface area contributed by atoms with Gasteiger partial charge in [0.05, 0.1) is 50.2 Å². The fraction of sp³-hybridized carbons (Fsp3) is 0.341. The molecule has 0 aliphatic carbocycles. The number of nitrogens with one attached hydrogen (secondary N) is 4. The molecule has 3 aromatic heterocycles. The number of sulfonamides is 1. The third-order valence-electron chi connectivity index (χ3n) is 10.4. The van der Waals surface area contributed by atoms with Crippen LogP contribution in [0.4, 0.5) is 43.7 Å². The summed E-state index contributed by atoms with van der Waals surface area (Å²) in [5.74, 6) is 0.299. The van der Waals surface area contributed by atoms with Crippen molar-refractivity contribution in [2.45, 2.75) is 55.4 Å². The van der Waals surface area contributed by atoms with E-state index in [-0.39, 0.29) is 32.8 Å². The number of benzene rings is 2. The van der Waals surface area contributed by atoms with Gasteiger partial charge in [-0.2, -0.15) is 14.9 Å². The summed E-state index contributed by atoms with van der Waals surface area (Å²) >= 11 is 12.4. The lowest BCUT2D eigenvalue weighted by atomic mass is 10.2. The number of rotatable bonds is 11. The van der Waals surface area contributed by atoms with Crippen LogP contribution in [0.3, 0.4) is 0 Å². The van der Waals surface area contributed by atoms with Crippen LogP contribution in [-0.2, 0) is 24.2 Å². The number of carbonyl (C=O) groups excluding carboxylic acids is 2. The van der Waals surface area contributed by atoms with Gasteiger partial charge >= 0.3 is 12.2 Å². The number of pyridine rings is 1. The zero-order chi connectivity index (χ0) is 46.1. The van der Waals surface area contributed by atoms with Gasteiger partial charge in [0.25, 0.3) is 21.1 Å². The number of carbonyl (C=O) groups is 2. The number of nitrogens with zero attached hydrogens (tertiary/aromatic N) is 6. The van der Waals surface area contributed by atoms with Gasteiger partial charge in [-0.05, 0) is 73.9 Å². The third kappa shape index (κ3) is 11.9. The Hall–Kier alpha value is -6.62. The average Bonchev–Trinajstić information content (AvgIpc) is 3.97. The van der Waals surface area contributed by atoms with Gasteiger partial charge in [0.15, 0.2) is 6.23 Å². The van der Waals surface area contributed by atoms with E-state index in [4.69, 9.17) is 47.9 Å². The predicted octanol–water partition coefficient (Wildman–Crippen LogP) is 5.46. The van der Waals surface area contributed by atoms with Crippen LogP contribution in [0.15, 0.2) is 93.7 Å². The van der Waals surface area contributed by atoms with E-state index in [1.165, 1.54) is 60.6 Å². The number of ether oxygens (including phenoxy) is 4. The van der Waals surface area contributed by atoms with Gasteiger partial charge in [-0.1, -0.05) is 23.2 Å². The number of halogens is 2. The van der Waals surface area contributed by atoms with Crippen LogP contribution in [0.1, 0.15) is 38.3 Å². The highest BCUT2D eigenvalue weighted by atomic mass is 35.5. The number of H-pyrrole nitrogens is 1. The minimum atomic E-state index is -3.84. The van der Waals surface area contributed by atoms with Gasteiger partial charge in [0, 0.05) is 61.4 Å². The van der Waals surface area contributed by atoms with E-state index in [0.717, 1.165) is 19.3 Å². The molecular weight excluding hydrogens is 909 g/mol. The first kappa shape index (κ1) is 46.4. The first-order valence-corrected chi connectivity index (χ1v) is 22.6. The molecule has 0 radical (unpaired) electrons. The fourth-order valence-corrected chi connectivity index (χ4v) is 8.57. The Bertz CT molecular complexity index is 2690. The molecule has 3 aliphatic rings. The molecule has 2 aromatic carbocycles. The molecule has 0 spiro atoms. The summed E-state index contributed by atoms with van der Waals surface area (Å²) in [5, 5.41) is 15.7. The SMILES string of the molecule is COc1ccc(S(=O)(=O)Nc2ccc(NC(=O)O[C@@H]3CCN(c4cn[nH]c(=O)c4Cl)C3)cc2)cn1.Nc1ccc(NC(=O)O[C@@H]2CCN(c3cnn(C4CCCCO4)c(=O)c3Cl)C2)cc1. The summed E-state index contributed by atoms with van der Waals surface area (Å²) in [7, 11) is -2.41. The second-order valence-corrected chi connectivity index (χ2v) is 17.4. The Morgan fingerprint density at radius 1 is 0.800 bits per heavy atom. The van der Waals surface area contributed by atoms with Crippen LogP contribution in [0.25, 0.3) is 0 Å². The van der Waals surface area contributed by atoms with Crippen LogP contribution >= 0.6 is 23.2 Å². The second-order valence-electron chi connectivity index (χ2n) is 14.9. The summed E-state index contributed by atoms with van der Waals surface area (Å²) in [6.45, 7) is 2.55. The Morgan fingerprint density at radius 2 is 1.40 bits per heavy atom. The van der Waals surface area contributed by atoms with E-state index in [9.17, 15) is 27.6 Å². The van der Waals surface area contributed by atoms with E-state index in [1.807, 2.05) is 9.80 Å². The molecule has 1 unspecified atom stereocenters. The summed E-state index contributed by atoms with van der Waals surface area (Å²) in [4.78, 5) is 56.4. The molecule has 2 amide bonds. The molecule has 3 saturated heterocycles. The maximum absolute atomic E-state index is 12.7. The molecule has 3 aliphatic heterocycles. The van der Waals surface area contributed by atoms with Crippen molar-refractivity contribution in [3.05, 3.63) is 110 Å². The summed E-state index contributed by atoms with van der Waals surface area (Å²) < 4.78 is 50.3. The van der Waals surface area contributed by atoms with Gasteiger partial charge in [0.2, 0.25) is 5.88 Å². The van der Waals surface area contributed by atoms with Crippen molar-refractivity contribution < 1.29 is 37.0 Å². The monoisotopic (exact) mass is 953 g/mol. The van der Waals surface area contributed by atoms with E-state index < -0.39 is 33.9 Å². The number of hydrogen-bond donors (Lipinski definition) is 5. The molecular formula is C41H45Cl2N11O10S. The Morgan fingerprint density at radius 3 is 1.97 bits per heavy atom. The van der Waals surface area contributed by atoms with E-state index in [0.29, 0.717) is 85.6 Å².